The Kier molecular flexibility index (Phi) is 3.33. The molecule has 0 aliphatic heterocycles. The maximum absolute atomic E-state index is 11.2. The van der Waals surface area contributed by atoms with Gasteiger partial charge < -0.3 is 15.8 Å². The second kappa shape index (κ2) is 4.30. The summed E-state index contributed by atoms with van der Waals surface area (Å²) < 4.78 is 4.91. The average molecular weight is 199 g/mol. The van der Waals surface area contributed by atoms with Crippen LogP contribution in [0.4, 0.5) is 4.79 Å². The van der Waals surface area contributed by atoms with E-state index in [1.807, 2.05) is 0 Å². The quantitative estimate of drug-likeness (QED) is 0.463. The number of carbonyl (C=O) groups excluding carboxylic acids is 1. The van der Waals surface area contributed by atoms with E-state index in [2.05, 4.69) is 5.32 Å². The second-order valence-corrected chi connectivity index (χ2v) is 3.87. The molecule has 4 N–H and O–H groups in total. The highest BCUT2D eigenvalue weighted by molar-refractivity contribution is 5.87. The van der Waals surface area contributed by atoms with Crippen molar-refractivity contribution in [3.63, 3.8) is 0 Å². The molecule has 1 saturated carbocycles. The lowest BCUT2D eigenvalue weighted by Gasteiger charge is -2.17. The predicted octanol–water partition coefficient (Wildman–Crippen LogP) is 0.836. The fourth-order valence-corrected chi connectivity index (χ4v) is 1.25. The molecule has 5 nitrogen and oxygen atoms in total. The molecule has 1 amide bonds. The van der Waals surface area contributed by atoms with E-state index in [0.717, 1.165) is 12.8 Å². The van der Waals surface area contributed by atoms with Crippen molar-refractivity contribution >= 4 is 11.9 Å². The Hall–Kier alpha value is -1.26. The number of nitrogens with two attached hydrogens (primary N) is 1. The van der Waals surface area contributed by atoms with Crippen molar-refractivity contribution in [2.24, 2.45) is 11.7 Å². The van der Waals surface area contributed by atoms with Gasteiger partial charge in [0.25, 0.3) is 0 Å². The summed E-state index contributed by atoms with van der Waals surface area (Å²) in [6.07, 6.45) is 1.40. The van der Waals surface area contributed by atoms with Crippen molar-refractivity contribution in [2.75, 3.05) is 0 Å². The normalized spacial score (nSPS) is 17.6. The Morgan fingerprint density at radius 3 is 2.50 bits per heavy atom. The molecule has 0 saturated heterocycles. The third-order valence-corrected chi connectivity index (χ3v) is 2.04. The van der Waals surface area contributed by atoms with Gasteiger partial charge in [-0.3, -0.25) is 5.41 Å². The fourth-order valence-electron chi connectivity index (χ4n) is 1.25. The first-order valence-corrected chi connectivity index (χ1v) is 4.81. The van der Waals surface area contributed by atoms with Gasteiger partial charge in [-0.15, -0.1) is 0 Å². The molecule has 0 spiro atoms. The summed E-state index contributed by atoms with van der Waals surface area (Å²) >= 11 is 0. The molecule has 1 fully saturated rings. The van der Waals surface area contributed by atoms with Gasteiger partial charge in [0.2, 0.25) is 0 Å². The van der Waals surface area contributed by atoms with Gasteiger partial charge in [-0.25, -0.2) is 4.79 Å². The lowest BCUT2D eigenvalue weighted by Crippen LogP contribution is -2.46. The summed E-state index contributed by atoms with van der Waals surface area (Å²) in [5, 5.41) is 9.90. The first-order valence-electron chi connectivity index (χ1n) is 4.81. The van der Waals surface area contributed by atoms with Gasteiger partial charge >= 0.3 is 6.09 Å². The maximum atomic E-state index is 11.2. The van der Waals surface area contributed by atoms with Crippen LogP contribution in [0.5, 0.6) is 0 Å². The minimum atomic E-state index is -0.493. The van der Waals surface area contributed by atoms with Crippen molar-refractivity contribution in [1.82, 2.24) is 5.32 Å². The van der Waals surface area contributed by atoms with Crippen LogP contribution in [-0.4, -0.2) is 24.1 Å². The van der Waals surface area contributed by atoms with Crippen molar-refractivity contribution in [3.05, 3.63) is 0 Å². The SMILES string of the molecule is CC(C)OC(=O)NC(C(=N)N)C1CC1. The fraction of sp³-hybridized carbons (Fsp3) is 0.778. The van der Waals surface area contributed by atoms with Crippen LogP contribution >= 0.6 is 0 Å². The maximum Gasteiger partial charge on any atom is 0.407 e. The molecular weight excluding hydrogens is 182 g/mol. The second-order valence-electron chi connectivity index (χ2n) is 3.87. The van der Waals surface area contributed by atoms with Crippen molar-refractivity contribution < 1.29 is 9.53 Å². The van der Waals surface area contributed by atoms with Crippen molar-refractivity contribution in [3.8, 4) is 0 Å². The Morgan fingerprint density at radius 1 is 1.57 bits per heavy atom. The third kappa shape index (κ3) is 3.24. The molecule has 1 aliphatic carbocycles. The number of hydrogen-bond donors (Lipinski definition) is 3. The molecule has 1 rings (SSSR count). The zero-order valence-electron chi connectivity index (χ0n) is 8.54. The molecule has 5 heteroatoms. The molecule has 0 radical (unpaired) electrons. The lowest BCUT2D eigenvalue weighted by atomic mass is 10.2. The van der Waals surface area contributed by atoms with Crippen LogP contribution in [0.25, 0.3) is 0 Å². The van der Waals surface area contributed by atoms with E-state index in [0.29, 0.717) is 5.92 Å². The number of nitrogens with one attached hydrogen (secondary N) is 2. The first-order chi connectivity index (χ1) is 6.50. The molecular formula is C9H17N3O2. The number of ether oxygens (including phenoxy) is 1. The van der Waals surface area contributed by atoms with Crippen LogP contribution in [0.2, 0.25) is 0 Å². The van der Waals surface area contributed by atoms with Gasteiger partial charge in [0.1, 0.15) is 5.84 Å². The van der Waals surface area contributed by atoms with Crippen molar-refractivity contribution in [1.29, 1.82) is 5.41 Å². The van der Waals surface area contributed by atoms with E-state index in [1.54, 1.807) is 13.8 Å². The first kappa shape index (κ1) is 10.8. The smallest absolute Gasteiger partial charge is 0.407 e. The van der Waals surface area contributed by atoms with Gasteiger partial charge in [0.05, 0.1) is 12.1 Å². The van der Waals surface area contributed by atoms with Gasteiger partial charge in [-0.1, -0.05) is 0 Å². The summed E-state index contributed by atoms with van der Waals surface area (Å²) in [6.45, 7) is 3.55. The predicted molar refractivity (Wildman–Crippen MR) is 53.2 cm³/mol. The van der Waals surface area contributed by atoms with Gasteiger partial charge in [-0.2, -0.15) is 0 Å². The Bertz CT molecular complexity index is 236. The zero-order valence-corrected chi connectivity index (χ0v) is 8.54. The third-order valence-electron chi connectivity index (χ3n) is 2.04. The minimum Gasteiger partial charge on any atom is -0.447 e. The Morgan fingerprint density at radius 2 is 2.14 bits per heavy atom. The summed E-state index contributed by atoms with van der Waals surface area (Å²) in [5.41, 5.74) is 5.37. The van der Waals surface area contributed by atoms with Crippen LogP contribution in [0.1, 0.15) is 26.7 Å². The van der Waals surface area contributed by atoms with Crippen LogP contribution < -0.4 is 11.1 Å². The largest absolute Gasteiger partial charge is 0.447 e. The van der Waals surface area contributed by atoms with E-state index in [9.17, 15) is 4.79 Å². The summed E-state index contributed by atoms with van der Waals surface area (Å²) in [4.78, 5) is 11.2. The molecule has 0 bridgehead atoms. The van der Waals surface area contributed by atoms with E-state index in [4.69, 9.17) is 15.9 Å². The monoisotopic (exact) mass is 199 g/mol. The standard InChI is InChI=1S/C9H17N3O2/c1-5(2)14-9(13)12-7(8(10)11)6-3-4-6/h5-7H,3-4H2,1-2H3,(H3,10,11)(H,12,13). The van der Waals surface area contributed by atoms with Gasteiger partial charge in [-0.05, 0) is 32.6 Å². The molecule has 1 unspecified atom stereocenters. The van der Waals surface area contributed by atoms with Crippen LogP contribution in [-0.2, 0) is 4.74 Å². The summed E-state index contributed by atoms with van der Waals surface area (Å²) in [6, 6.07) is -0.346. The molecule has 1 atom stereocenters. The van der Waals surface area contributed by atoms with Crippen molar-refractivity contribution in [2.45, 2.75) is 38.8 Å². The van der Waals surface area contributed by atoms with Gasteiger partial charge in [0.15, 0.2) is 0 Å². The lowest BCUT2D eigenvalue weighted by molar-refractivity contribution is 0.113. The Balaban J connectivity index is 2.39. The zero-order chi connectivity index (χ0) is 10.7. The van der Waals surface area contributed by atoms with E-state index < -0.39 is 6.09 Å². The average Bonchev–Trinajstić information content (AvgIpc) is 2.80. The van der Waals surface area contributed by atoms with Crippen LogP contribution in [0.15, 0.2) is 0 Å². The molecule has 14 heavy (non-hydrogen) atoms. The minimum absolute atomic E-state index is 0.00760. The number of alkyl carbamates (subject to hydrolysis) is 1. The number of hydrogen-bond acceptors (Lipinski definition) is 3. The molecule has 1 aliphatic rings. The highest BCUT2D eigenvalue weighted by Crippen LogP contribution is 2.32. The van der Waals surface area contributed by atoms with Crippen LogP contribution in [0, 0.1) is 11.3 Å². The number of rotatable bonds is 4. The van der Waals surface area contributed by atoms with E-state index >= 15 is 0 Å². The van der Waals surface area contributed by atoms with E-state index in [-0.39, 0.29) is 18.0 Å². The summed E-state index contributed by atoms with van der Waals surface area (Å²) in [7, 11) is 0. The highest BCUT2D eigenvalue weighted by Gasteiger charge is 2.34. The van der Waals surface area contributed by atoms with Crippen LogP contribution in [0.3, 0.4) is 0 Å². The number of amidine groups is 1. The Labute approximate surface area is 83.5 Å². The molecule has 0 heterocycles. The topological polar surface area (TPSA) is 88.2 Å². The number of amides is 1. The molecule has 0 aromatic rings. The highest BCUT2D eigenvalue weighted by atomic mass is 16.6. The number of carbonyl (C=O) groups is 1. The van der Waals surface area contributed by atoms with Gasteiger partial charge in [0, 0.05) is 0 Å². The molecule has 0 aromatic carbocycles. The molecule has 80 valence electrons. The molecule has 0 aromatic heterocycles. The summed E-state index contributed by atoms with van der Waals surface area (Å²) in [5.74, 6) is 0.334. The van der Waals surface area contributed by atoms with E-state index in [1.165, 1.54) is 0 Å².